The Labute approximate surface area is 102 Å². The molecule has 0 heterocycles. The van der Waals surface area contributed by atoms with Gasteiger partial charge in [-0.1, -0.05) is 27.7 Å². The summed E-state index contributed by atoms with van der Waals surface area (Å²) in [5.41, 5.74) is 0.891. The molecule has 0 spiro atoms. The number of hydrogen-bond donors (Lipinski definition) is 0. The van der Waals surface area contributed by atoms with Crippen molar-refractivity contribution in [2.45, 2.75) is 39.5 Å². The average Bonchev–Trinajstić information content (AvgIpc) is 2.27. The zero-order valence-corrected chi connectivity index (χ0v) is 11.1. The van der Waals surface area contributed by atoms with E-state index in [0.29, 0.717) is 5.75 Å². The molecule has 0 radical (unpaired) electrons. The second kappa shape index (κ2) is 5.03. The van der Waals surface area contributed by atoms with Crippen LogP contribution in [0.2, 0.25) is 0 Å². The Morgan fingerprint density at radius 3 is 2.12 bits per heavy atom. The quantitative estimate of drug-likeness (QED) is 0.751. The normalized spacial score (nSPS) is 12.3. The Morgan fingerprint density at radius 1 is 1.12 bits per heavy atom. The number of ether oxygens (including phenoxy) is 1. The van der Waals surface area contributed by atoms with E-state index in [4.69, 9.17) is 4.74 Å². The number of benzene rings is 1. The lowest BCUT2D eigenvalue weighted by atomic mass is 9.93. The minimum Gasteiger partial charge on any atom is -0.496 e. The molecule has 0 bridgehead atoms. The van der Waals surface area contributed by atoms with Crippen molar-refractivity contribution < 1.29 is 13.5 Å². The van der Waals surface area contributed by atoms with E-state index in [1.54, 1.807) is 19.2 Å². The van der Waals surface area contributed by atoms with Gasteiger partial charge in [-0.15, -0.1) is 0 Å². The molecule has 0 aromatic heterocycles. The molecule has 3 heteroatoms. The third kappa shape index (κ3) is 2.76. The Kier molecular flexibility index (Phi) is 4.12. The lowest BCUT2D eigenvalue weighted by Gasteiger charge is -2.23. The van der Waals surface area contributed by atoms with Crippen molar-refractivity contribution in [3.05, 3.63) is 29.3 Å². The number of alkyl halides is 2. The molecule has 0 unspecified atom stereocenters. The Morgan fingerprint density at radius 2 is 1.71 bits per heavy atom. The predicted octanol–water partition coefficient (Wildman–Crippen LogP) is 4.57. The van der Waals surface area contributed by atoms with E-state index in [9.17, 15) is 8.78 Å². The van der Waals surface area contributed by atoms with Gasteiger partial charge in [-0.2, -0.15) is 0 Å². The molecular weight excluding hydrogens is 222 g/mol. The molecule has 0 aliphatic heterocycles. The molecule has 0 atom stereocenters. The topological polar surface area (TPSA) is 9.23 Å². The van der Waals surface area contributed by atoms with E-state index >= 15 is 0 Å². The van der Waals surface area contributed by atoms with E-state index < -0.39 is 11.8 Å². The summed E-state index contributed by atoms with van der Waals surface area (Å²) >= 11 is 0. The molecule has 0 saturated heterocycles. The summed E-state index contributed by atoms with van der Waals surface area (Å²) in [6, 6.07) is 4.63. The van der Waals surface area contributed by atoms with Crippen LogP contribution in [-0.4, -0.2) is 7.11 Å². The number of methoxy groups -OCH3 is 1. The molecule has 1 nitrogen and oxygen atoms in total. The highest BCUT2D eigenvalue weighted by Crippen LogP contribution is 2.38. The third-order valence-corrected chi connectivity index (χ3v) is 2.96. The van der Waals surface area contributed by atoms with E-state index in [1.807, 2.05) is 13.8 Å². The molecule has 17 heavy (non-hydrogen) atoms. The van der Waals surface area contributed by atoms with Crippen LogP contribution in [0.15, 0.2) is 18.2 Å². The summed E-state index contributed by atoms with van der Waals surface area (Å²) in [6.07, 6.45) is 0. The molecule has 0 aliphatic carbocycles. The van der Waals surface area contributed by atoms with Crippen LogP contribution in [-0.2, 0) is 5.92 Å². The number of hydrogen-bond acceptors (Lipinski definition) is 1. The largest absolute Gasteiger partial charge is 0.496 e. The lowest BCUT2D eigenvalue weighted by Crippen LogP contribution is -2.21. The summed E-state index contributed by atoms with van der Waals surface area (Å²) in [5.74, 6) is -2.68. The molecule has 96 valence electrons. The smallest absolute Gasteiger partial charge is 0.275 e. The van der Waals surface area contributed by atoms with Crippen LogP contribution in [0.4, 0.5) is 8.78 Å². The molecule has 0 saturated carbocycles. The van der Waals surface area contributed by atoms with Crippen molar-refractivity contribution in [1.29, 1.82) is 0 Å². The van der Waals surface area contributed by atoms with Crippen molar-refractivity contribution in [3.63, 3.8) is 0 Å². The fraction of sp³-hybridized carbons (Fsp3) is 0.571. The van der Waals surface area contributed by atoms with Gasteiger partial charge in [0.1, 0.15) is 5.75 Å². The molecule has 1 aromatic rings. The van der Waals surface area contributed by atoms with Crippen molar-refractivity contribution in [2.24, 2.45) is 5.92 Å². The first-order chi connectivity index (χ1) is 7.80. The van der Waals surface area contributed by atoms with Crippen molar-refractivity contribution in [1.82, 2.24) is 0 Å². The Balaban J connectivity index is 3.26. The molecule has 1 aromatic carbocycles. The van der Waals surface area contributed by atoms with Crippen molar-refractivity contribution >= 4 is 0 Å². The maximum atomic E-state index is 13.9. The minimum absolute atomic E-state index is 0.0667. The summed E-state index contributed by atoms with van der Waals surface area (Å²) in [7, 11) is 1.56. The monoisotopic (exact) mass is 242 g/mol. The SMILES string of the molecule is COc1ccc(C(F)(F)C(C)C)cc1C(C)C. The van der Waals surface area contributed by atoms with Crippen LogP contribution >= 0.6 is 0 Å². The lowest BCUT2D eigenvalue weighted by molar-refractivity contribution is -0.0514. The van der Waals surface area contributed by atoms with Gasteiger partial charge in [0.05, 0.1) is 7.11 Å². The van der Waals surface area contributed by atoms with Gasteiger partial charge in [-0.25, -0.2) is 8.78 Å². The highest BCUT2D eigenvalue weighted by Gasteiger charge is 2.36. The van der Waals surface area contributed by atoms with Gasteiger partial charge < -0.3 is 4.74 Å². The summed E-state index contributed by atoms with van der Waals surface area (Å²) in [6.45, 7) is 6.99. The van der Waals surface area contributed by atoms with Crippen LogP contribution in [0.1, 0.15) is 44.7 Å². The van der Waals surface area contributed by atoms with E-state index in [1.165, 1.54) is 19.9 Å². The maximum absolute atomic E-state index is 13.9. The van der Waals surface area contributed by atoms with E-state index in [0.717, 1.165) is 5.56 Å². The predicted molar refractivity (Wildman–Crippen MR) is 65.8 cm³/mol. The van der Waals surface area contributed by atoms with Crippen molar-refractivity contribution in [3.8, 4) is 5.75 Å². The first-order valence-electron chi connectivity index (χ1n) is 5.87. The van der Waals surface area contributed by atoms with Crippen LogP contribution in [0.25, 0.3) is 0 Å². The molecule has 1 rings (SSSR count). The zero-order valence-electron chi connectivity index (χ0n) is 11.1. The maximum Gasteiger partial charge on any atom is 0.275 e. The summed E-state index contributed by atoms with van der Waals surface area (Å²) < 4.78 is 33.0. The molecule has 0 N–H and O–H groups in total. The zero-order chi connectivity index (χ0) is 13.2. The van der Waals surface area contributed by atoms with Crippen LogP contribution in [0.5, 0.6) is 5.75 Å². The first-order valence-corrected chi connectivity index (χ1v) is 5.87. The second-order valence-corrected chi connectivity index (χ2v) is 4.89. The number of halogens is 2. The Hall–Kier alpha value is -1.12. The van der Waals surface area contributed by atoms with Gasteiger partial charge in [0.15, 0.2) is 0 Å². The molecule has 0 amide bonds. The first kappa shape index (κ1) is 13.9. The van der Waals surface area contributed by atoms with Gasteiger partial charge in [-0.05, 0) is 29.7 Å². The van der Waals surface area contributed by atoms with E-state index in [2.05, 4.69) is 0 Å². The highest BCUT2D eigenvalue weighted by atomic mass is 19.3. The summed E-state index contributed by atoms with van der Waals surface area (Å²) in [4.78, 5) is 0. The average molecular weight is 242 g/mol. The van der Waals surface area contributed by atoms with Gasteiger partial charge in [0.2, 0.25) is 0 Å². The highest BCUT2D eigenvalue weighted by molar-refractivity contribution is 5.40. The number of rotatable bonds is 4. The minimum atomic E-state index is -2.80. The van der Waals surface area contributed by atoms with Gasteiger partial charge in [-0.3, -0.25) is 0 Å². The second-order valence-electron chi connectivity index (χ2n) is 4.89. The molecule has 0 aliphatic rings. The molecule has 0 fully saturated rings. The van der Waals surface area contributed by atoms with Crippen molar-refractivity contribution in [2.75, 3.05) is 7.11 Å². The van der Waals surface area contributed by atoms with Gasteiger partial charge in [0.25, 0.3) is 5.92 Å². The molecular formula is C14H20F2O. The fourth-order valence-electron chi connectivity index (χ4n) is 1.73. The van der Waals surface area contributed by atoms with E-state index in [-0.39, 0.29) is 11.5 Å². The van der Waals surface area contributed by atoms with Crippen LogP contribution in [0, 0.1) is 5.92 Å². The Bertz CT molecular complexity index is 384. The van der Waals surface area contributed by atoms with Crippen LogP contribution < -0.4 is 4.74 Å². The summed E-state index contributed by atoms with van der Waals surface area (Å²) in [5, 5.41) is 0. The van der Waals surface area contributed by atoms with Crippen LogP contribution in [0.3, 0.4) is 0 Å². The standard InChI is InChI=1S/C14H20F2O/c1-9(2)12-8-11(6-7-13(12)17-5)14(15,16)10(3)4/h6-10H,1-5H3. The third-order valence-electron chi connectivity index (χ3n) is 2.96. The van der Waals surface area contributed by atoms with Gasteiger partial charge >= 0.3 is 0 Å². The van der Waals surface area contributed by atoms with Gasteiger partial charge in [0, 0.05) is 11.5 Å². The fourth-order valence-corrected chi connectivity index (χ4v) is 1.73.